The number of benzene rings is 2. The van der Waals surface area contributed by atoms with E-state index in [-0.39, 0.29) is 5.82 Å². The van der Waals surface area contributed by atoms with E-state index in [1.54, 1.807) is 13.2 Å². The fourth-order valence-electron chi connectivity index (χ4n) is 4.53. The maximum atomic E-state index is 15.2. The van der Waals surface area contributed by atoms with Crippen LogP contribution >= 0.6 is 0 Å². The lowest BCUT2D eigenvalue weighted by Gasteiger charge is -2.40. The van der Waals surface area contributed by atoms with Gasteiger partial charge in [-0.15, -0.1) is 0 Å². The van der Waals surface area contributed by atoms with Gasteiger partial charge >= 0.3 is 0 Å². The Hall–Kier alpha value is -1.79. The van der Waals surface area contributed by atoms with Crippen LogP contribution in [0.15, 0.2) is 42.5 Å². The van der Waals surface area contributed by atoms with Gasteiger partial charge in [0.25, 0.3) is 0 Å². The molecular weight excluding hydrogens is 381 g/mol. The van der Waals surface area contributed by atoms with Crippen molar-refractivity contribution in [3.63, 3.8) is 0 Å². The highest BCUT2D eigenvalue weighted by atomic mass is 19.1. The maximum absolute atomic E-state index is 15.2. The molecule has 2 aromatic carbocycles. The van der Waals surface area contributed by atoms with Crippen LogP contribution in [0.4, 0.5) is 4.39 Å². The minimum atomic E-state index is -1.28. The summed E-state index contributed by atoms with van der Waals surface area (Å²) in [6, 6.07) is 13.2. The molecule has 2 fully saturated rings. The number of nitrogens with one attached hydrogen (secondary N) is 1. The molecule has 30 heavy (non-hydrogen) atoms. The second-order valence-corrected chi connectivity index (χ2v) is 8.50. The second-order valence-electron chi connectivity index (χ2n) is 8.50. The summed E-state index contributed by atoms with van der Waals surface area (Å²) in [5.74, 6) is 0.276. The van der Waals surface area contributed by atoms with Crippen LogP contribution in [0.5, 0.6) is 0 Å². The summed E-state index contributed by atoms with van der Waals surface area (Å²) in [5, 5.41) is 15.3. The predicted octanol–water partition coefficient (Wildman–Crippen LogP) is 4.36. The van der Waals surface area contributed by atoms with E-state index in [9.17, 15) is 5.11 Å². The minimum Gasteiger partial charge on any atom is -0.385 e. The second kappa shape index (κ2) is 9.56. The first kappa shape index (κ1) is 21.4. The van der Waals surface area contributed by atoms with Crippen molar-refractivity contribution < 1.29 is 19.0 Å². The topological polar surface area (TPSA) is 50.7 Å². The molecular formula is C25H32FNO3. The van der Waals surface area contributed by atoms with Crippen molar-refractivity contribution in [3.05, 3.63) is 59.4 Å². The summed E-state index contributed by atoms with van der Waals surface area (Å²) in [6.07, 6.45) is 4.04. The Morgan fingerprint density at radius 1 is 1.20 bits per heavy atom. The smallest absolute Gasteiger partial charge is 0.131 e. The van der Waals surface area contributed by atoms with Crippen molar-refractivity contribution in [3.8, 4) is 11.1 Å². The van der Waals surface area contributed by atoms with Crippen molar-refractivity contribution in [1.29, 1.82) is 0 Å². The number of methoxy groups -OCH3 is 1. The van der Waals surface area contributed by atoms with E-state index in [0.29, 0.717) is 43.2 Å². The van der Waals surface area contributed by atoms with Gasteiger partial charge in [0, 0.05) is 32.4 Å². The molecule has 2 aromatic rings. The van der Waals surface area contributed by atoms with Crippen LogP contribution in [-0.4, -0.2) is 44.6 Å². The largest absolute Gasteiger partial charge is 0.385 e. The lowest BCUT2D eigenvalue weighted by Crippen LogP contribution is -2.51. The monoisotopic (exact) mass is 413 g/mol. The summed E-state index contributed by atoms with van der Waals surface area (Å²) < 4.78 is 26.4. The molecule has 0 amide bonds. The van der Waals surface area contributed by atoms with Gasteiger partial charge in [-0.3, -0.25) is 0 Å². The molecule has 2 atom stereocenters. The number of unbranched alkanes of at least 4 members (excludes halogenated alkanes) is 1. The highest BCUT2D eigenvalue weighted by Gasteiger charge is 2.42. The molecule has 1 saturated carbocycles. The molecule has 162 valence electrons. The third-order valence-corrected chi connectivity index (χ3v) is 6.32. The maximum Gasteiger partial charge on any atom is 0.131 e. The van der Waals surface area contributed by atoms with E-state index in [1.807, 2.05) is 18.2 Å². The molecule has 1 saturated heterocycles. The number of hydrogen-bond acceptors (Lipinski definition) is 4. The van der Waals surface area contributed by atoms with Crippen molar-refractivity contribution in [2.24, 2.45) is 0 Å². The Balaban J connectivity index is 1.74. The van der Waals surface area contributed by atoms with Crippen molar-refractivity contribution in [2.75, 3.05) is 33.4 Å². The summed E-state index contributed by atoms with van der Waals surface area (Å²) >= 11 is 0. The van der Waals surface area contributed by atoms with E-state index in [2.05, 4.69) is 17.4 Å². The van der Waals surface area contributed by atoms with Crippen molar-refractivity contribution in [1.82, 2.24) is 5.32 Å². The van der Waals surface area contributed by atoms with Crippen LogP contribution in [-0.2, 0) is 15.1 Å². The third kappa shape index (κ3) is 4.59. The van der Waals surface area contributed by atoms with Gasteiger partial charge in [0.15, 0.2) is 0 Å². The van der Waals surface area contributed by atoms with E-state index < -0.39 is 11.7 Å². The number of rotatable bonds is 9. The van der Waals surface area contributed by atoms with E-state index >= 15 is 4.39 Å². The van der Waals surface area contributed by atoms with E-state index in [1.165, 1.54) is 24.5 Å². The molecule has 0 aromatic heterocycles. The van der Waals surface area contributed by atoms with Crippen molar-refractivity contribution in [2.45, 2.75) is 49.7 Å². The number of morpholine rings is 1. The summed E-state index contributed by atoms with van der Waals surface area (Å²) in [6.45, 7) is 2.47. The number of ether oxygens (including phenoxy) is 2. The third-order valence-electron chi connectivity index (χ3n) is 6.32. The van der Waals surface area contributed by atoms with Gasteiger partial charge in [0.2, 0.25) is 0 Å². The zero-order valence-corrected chi connectivity index (χ0v) is 17.7. The molecule has 2 N–H and O–H groups in total. The van der Waals surface area contributed by atoms with Gasteiger partial charge < -0.3 is 19.9 Å². The summed E-state index contributed by atoms with van der Waals surface area (Å²) in [7, 11) is 1.68. The Labute approximate surface area is 178 Å². The van der Waals surface area contributed by atoms with Crippen LogP contribution in [0.2, 0.25) is 0 Å². The minimum absolute atomic E-state index is 0.306. The zero-order valence-electron chi connectivity index (χ0n) is 17.7. The first-order valence-corrected chi connectivity index (χ1v) is 11.1. The number of halogens is 1. The molecule has 4 nitrogen and oxygen atoms in total. The van der Waals surface area contributed by atoms with Crippen LogP contribution in [0.3, 0.4) is 0 Å². The van der Waals surface area contributed by atoms with Crippen LogP contribution in [0, 0.1) is 5.82 Å². The first-order valence-electron chi connectivity index (χ1n) is 11.1. The molecule has 0 spiro atoms. The van der Waals surface area contributed by atoms with Gasteiger partial charge in [0.05, 0.1) is 6.61 Å². The normalized spacial score (nSPS) is 21.4. The average molecular weight is 414 g/mol. The molecule has 4 rings (SSSR count). The van der Waals surface area contributed by atoms with Crippen LogP contribution in [0.1, 0.15) is 49.1 Å². The SMILES string of the molecule is COCCCC[C@@](O)(c1cccc(F)c1-c1cccc(C2CC2)c1)C1CNCCO1. The lowest BCUT2D eigenvalue weighted by atomic mass is 9.78. The highest BCUT2D eigenvalue weighted by Crippen LogP contribution is 2.44. The molecule has 0 bridgehead atoms. The van der Waals surface area contributed by atoms with Gasteiger partial charge in [0.1, 0.15) is 17.5 Å². The highest BCUT2D eigenvalue weighted by molar-refractivity contribution is 5.70. The van der Waals surface area contributed by atoms with E-state index in [0.717, 1.165) is 24.9 Å². The van der Waals surface area contributed by atoms with Crippen LogP contribution in [0.25, 0.3) is 11.1 Å². The Morgan fingerprint density at radius 2 is 2.03 bits per heavy atom. The molecule has 2 aliphatic rings. The standard InChI is InChI=1S/C25H32FNO3/c1-29-14-3-2-12-25(28,23-17-27-13-15-30-23)21-8-5-9-22(26)24(21)20-7-4-6-19(16-20)18-10-11-18/h4-9,16,18,23,27-28H,2-3,10-15,17H2,1H3/t23?,25-/m1/s1. The molecule has 5 heteroatoms. The number of hydrogen-bond donors (Lipinski definition) is 2. The molecule has 1 unspecified atom stereocenters. The molecule has 0 radical (unpaired) electrons. The average Bonchev–Trinajstić information content (AvgIpc) is 3.63. The number of aliphatic hydroxyl groups is 1. The van der Waals surface area contributed by atoms with Gasteiger partial charge in [-0.25, -0.2) is 4.39 Å². The predicted molar refractivity (Wildman–Crippen MR) is 116 cm³/mol. The fourth-order valence-corrected chi connectivity index (χ4v) is 4.53. The first-order chi connectivity index (χ1) is 14.6. The van der Waals surface area contributed by atoms with Gasteiger partial charge in [-0.05, 0) is 60.8 Å². The van der Waals surface area contributed by atoms with Gasteiger partial charge in [-0.2, -0.15) is 0 Å². The van der Waals surface area contributed by atoms with Crippen molar-refractivity contribution >= 4 is 0 Å². The Kier molecular flexibility index (Phi) is 6.84. The summed E-state index contributed by atoms with van der Waals surface area (Å²) in [4.78, 5) is 0. The van der Waals surface area contributed by atoms with Crippen LogP contribution < -0.4 is 5.32 Å². The van der Waals surface area contributed by atoms with Gasteiger partial charge in [-0.1, -0.05) is 36.4 Å². The summed E-state index contributed by atoms with van der Waals surface area (Å²) in [5.41, 5.74) is 1.89. The Morgan fingerprint density at radius 3 is 2.77 bits per heavy atom. The molecule has 1 aliphatic carbocycles. The quantitative estimate of drug-likeness (QED) is 0.600. The molecule has 1 heterocycles. The molecule has 1 aliphatic heterocycles. The fraction of sp³-hybridized carbons (Fsp3) is 0.520. The Bertz CT molecular complexity index is 848. The lowest BCUT2D eigenvalue weighted by molar-refractivity contribution is -0.129. The zero-order chi connectivity index (χ0) is 21.0. The van der Waals surface area contributed by atoms with E-state index in [4.69, 9.17) is 9.47 Å².